The Labute approximate surface area is 141 Å². The van der Waals surface area contributed by atoms with Crippen LogP contribution in [0.3, 0.4) is 0 Å². The summed E-state index contributed by atoms with van der Waals surface area (Å²) >= 11 is 0. The highest BCUT2D eigenvalue weighted by Crippen LogP contribution is 2.32. The normalized spacial score (nSPS) is 20.5. The number of anilines is 1. The lowest BCUT2D eigenvalue weighted by atomic mass is 10.2. The van der Waals surface area contributed by atoms with Crippen molar-refractivity contribution in [2.75, 3.05) is 24.5 Å². The van der Waals surface area contributed by atoms with E-state index in [2.05, 4.69) is 21.1 Å². The van der Waals surface area contributed by atoms with Gasteiger partial charge >= 0.3 is 0 Å². The highest BCUT2D eigenvalue weighted by atomic mass is 16.5. The molecule has 1 fully saturated rings. The van der Waals surface area contributed by atoms with E-state index in [9.17, 15) is 4.79 Å². The van der Waals surface area contributed by atoms with E-state index in [4.69, 9.17) is 4.52 Å². The number of para-hydroxylation sites is 1. The third-order valence-electron chi connectivity index (χ3n) is 4.97. The number of amides is 1. The lowest BCUT2D eigenvalue weighted by Crippen LogP contribution is -2.39. The molecular weight excluding hydrogens is 304 g/mol. The van der Waals surface area contributed by atoms with Crippen molar-refractivity contribution in [3.8, 4) is 0 Å². The fraction of sp³-hybridized carbons (Fsp3) is 0.500. The number of carbonyl (C=O) groups is 1. The summed E-state index contributed by atoms with van der Waals surface area (Å²) in [7, 11) is 0. The summed E-state index contributed by atoms with van der Waals surface area (Å²) in [5, 5.41) is 4.11. The first-order chi connectivity index (χ1) is 11.8. The molecule has 1 atom stereocenters. The minimum absolute atomic E-state index is 0.0934. The minimum atomic E-state index is 0.0934. The predicted octanol–water partition coefficient (Wildman–Crippen LogP) is 2.36. The molecular formula is C18H22N4O2. The van der Waals surface area contributed by atoms with Crippen molar-refractivity contribution in [1.29, 1.82) is 0 Å². The van der Waals surface area contributed by atoms with E-state index in [1.54, 1.807) is 0 Å². The average Bonchev–Trinajstić information content (AvgIpc) is 3.33. The van der Waals surface area contributed by atoms with Crippen LogP contribution in [-0.4, -0.2) is 40.6 Å². The van der Waals surface area contributed by atoms with Crippen molar-refractivity contribution in [1.82, 2.24) is 15.0 Å². The molecule has 3 heterocycles. The van der Waals surface area contributed by atoms with Crippen LogP contribution in [0.2, 0.25) is 0 Å². The Morgan fingerprint density at radius 3 is 3.04 bits per heavy atom. The van der Waals surface area contributed by atoms with E-state index in [1.807, 2.05) is 30.0 Å². The first-order valence-corrected chi connectivity index (χ1v) is 8.71. The molecule has 0 N–H and O–H groups in total. The highest BCUT2D eigenvalue weighted by molar-refractivity contribution is 5.96. The van der Waals surface area contributed by atoms with E-state index in [-0.39, 0.29) is 11.9 Å². The average molecular weight is 326 g/mol. The fourth-order valence-electron chi connectivity index (χ4n) is 3.71. The summed E-state index contributed by atoms with van der Waals surface area (Å²) in [5.41, 5.74) is 2.32. The van der Waals surface area contributed by atoms with Crippen LogP contribution in [-0.2, 0) is 17.6 Å². The van der Waals surface area contributed by atoms with Gasteiger partial charge in [-0.2, -0.15) is 4.98 Å². The van der Waals surface area contributed by atoms with Crippen LogP contribution in [0.15, 0.2) is 28.8 Å². The third-order valence-corrected chi connectivity index (χ3v) is 4.97. The molecule has 2 aliphatic heterocycles. The predicted molar refractivity (Wildman–Crippen MR) is 89.7 cm³/mol. The van der Waals surface area contributed by atoms with Gasteiger partial charge < -0.3 is 9.42 Å². The van der Waals surface area contributed by atoms with Crippen LogP contribution in [0.5, 0.6) is 0 Å². The Balaban J connectivity index is 1.47. The van der Waals surface area contributed by atoms with E-state index < -0.39 is 0 Å². The molecule has 6 heteroatoms. The number of likely N-dealkylation sites (tertiary alicyclic amines) is 1. The Morgan fingerprint density at radius 1 is 1.33 bits per heavy atom. The van der Waals surface area contributed by atoms with E-state index in [1.165, 1.54) is 5.56 Å². The SMILES string of the molecule is CCc1nc([C@H]2CCCN2CC(=O)N2CCc3ccccc32)no1. The number of benzene rings is 1. The summed E-state index contributed by atoms with van der Waals surface area (Å²) in [5.74, 6) is 1.54. The number of fused-ring (bicyclic) bond motifs is 1. The molecule has 126 valence electrons. The molecule has 0 bridgehead atoms. The second-order valence-corrected chi connectivity index (χ2v) is 6.45. The largest absolute Gasteiger partial charge is 0.339 e. The van der Waals surface area contributed by atoms with Crippen LogP contribution in [0, 0.1) is 0 Å². The zero-order valence-corrected chi connectivity index (χ0v) is 13.9. The van der Waals surface area contributed by atoms with Gasteiger partial charge in [-0.3, -0.25) is 9.69 Å². The monoisotopic (exact) mass is 326 g/mol. The molecule has 1 amide bonds. The summed E-state index contributed by atoms with van der Waals surface area (Å²) < 4.78 is 5.24. The van der Waals surface area contributed by atoms with Gasteiger partial charge in [-0.15, -0.1) is 0 Å². The standard InChI is InChI=1S/C18H22N4O2/c1-2-16-19-18(20-24-16)15-8-5-10-21(15)12-17(23)22-11-9-13-6-3-4-7-14(13)22/h3-4,6-7,15H,2,5,8-12H2,1H3/t15-/m1/s1. The second kappa shape index (κ2) is 6.36. The summed E-state index contributed by atoms with van der Waals surface area (Å²) in [6.07, 6.45) is 3.72. The van der Waals surface area contributed by atoms with Gasteiger partial charge in [-0.25, -0.2) is 0 Å². The Morgan fingerprint density at radius 2 is 2.21 bits per heavy atom. The number of aromatic nitrogens is 2. The molecule has 0 unspecified atom stereocenters. The molecule has 0 aliphatic carbocycles. The summed E-state index contributed by atoms with van der Waals surface area (Å²) in [6.45, 7) is 4.09. The van der Waals surface area contributed by atoms with Gasteiger partial charge in [-0.1, -0.05) is 30.3 Å². The van der Waals surface area contributed by atoms with Crippen molar-refractivity contribution in [2.24, 2.45) is 0 Å². The molecule has 2 aliphatic rings. The topological polar surface area (TPSA) is 62.5 Å². The van der Waals surface area contributed by atoms with Gasteiger partial charge in [0.2, 0.25) is 11.8 Å². The lowest BCUT2D eigenvalue weighted by Gasteiger charge is -2.25. The number of hydrogen-bond donors (Lipinski definition) is 0. The van der Waals surface area contributed by atoms with Crippen molar-refractivity contribution < 1.29 is 9.32 Å². The first-order valence-electron chi connectivity index (χ1n) is 8.71. The molecule has 0 spiro atoms. The zero-order valence-electron chi connectivity index (χ0n) is 13.9. The molecule has 24 heavy (non-hydrogen) atoms. The van der Waals surface area contributed by atoms with Gasteiger partial charge in [-0.05, 0) is 37.4 Å². The minimum Gasteiger partial charge on any atom is -0.339 e. The maximum Gasteiger partial charge on any atom is 0.241 e. The third kappa shape index (κ3) is 2.71. The van der Waals surface area contributed by atoms with Crippen LogP contribution < -0.4 is 4.90 Å². The molecule has 1 saturated heterocycles. The lowest BCUT2D eigenvalue weighted by molar-refractivity contribution is -0.119. The molecule has 1 aromatic heterocycles. The number of rotatable bonds is 4. The maximum atomic E-state index is 12.8. The smallest absolute Gasteiger partial charge is 0.241 e. The van der Waals surface area contributed by atoms with Gasteiger partial charge in [0.05, 0.1) is 12.6 Å². The van der Waals surface area contributed by atoms with Gasteiger partial charge in [0.1, 0.15) is 0 Å². The fourth-order valence-corrected chi connectivity index (χ4v) is 3.71. The highest BCUT2D eigenvalue weighted by Gasteiger charge is 2.33. The number of nitrogens with zero attached hydrogens (tertiary/aromatic N) is 4. The van der Waals surface area contributed by atoms with E-state index >= 15 is 0 Å². The van der Waals surface area contributed by atoms with Crippen molar-refractivity contribution >= 4 is 11.6 Å². The van der Waals surface area contributed by atoms with Crippen molar-refractivity contribution in [3.05, 3.63) is 41.5 Å². The van der Waals surface area contributed by atoms with Crippen LogP contribution in [0.1, 0.15) is 43.1 Å². The number of aryl methyl sites for hydroxylation is 1. The van der Waals surface area contributed by atoms with Crippen LogP contribution in [0.4, 0.5) is 5.69 Å². The Bertz CT molecular complexity index is 742. The van der Waals surface area contributed by atoms with Gasteiger partial charge in [0.25, 0.3) is 0 Å². The number of hydrogen-bond acceptors (Lipinski definition) is 5. The van der Waals surface area contributed by atoms with Crippen LogP contribution in [0.25, 0.3) is 0 Å². The van der Waals surface area contributed by atoms with Crippen molar-refractivity contribution in [2.45, 2.75) is 38.6 Å². The zero-order chi connectivity index (χ0) is 16.5. The van der Waals surface area contributed by atoms with Crippen molar-refractivity contribution in [3.63, 3.8) is 0 Å². The Hall–Kier alpha value is -2.21. The molecule has 0 radical (unpaired) electrons. The molecule has 0 saturated carbocycles. The second-order valence-electron chi connectivity index (χ2n) is 6.45. The molecule has 4 rings (SSSR count). The first kappa shape index (κ1) is 15.3. The van der Waals surface area contributed by atoms with E-state index in [0.29, 0.717) is 12.4 Å². The molecule has 2 aromatic rings. The van der Waals surface area contributed by atoms with Gasteiger partial charge in [0, 0.05) is 18.7 Å². The maximum absolute atomic E-state index is 12.8. The number of carbonyl (C=O) groups excluding carboxylic acids is 1. The molecule has 1 aromatic carbocycles. The van der Waals surface area contributed by atoms with Gasteiger partial charge in [0.15, 0.2) is 5.82 Å². The summed E-state index contributed by atoms with van der Waals surface area (Å²) in [6, 6.07) is 8.26. The molecule has 6 nitrogen and oxygen atoms in total. The summed E-state index contributed by atoms with van der Waals surface area (Å²) in [4.78, 5) is 21.4. The van der Waals surface area contributed by atoms with Crippen LogP contribution >= 0.6 is 0 Å². The Kier molecular flexibility index (Phi) is 4.06. The van der Waals surface area contributed by atoms with E-state index in [0.717, 1.165) is 50.3 Å². The quantitative estimate of drug-likeness (QED) is 0.863.